The van der Waals surface area contributed by atoms with E-state index in [0.29, 0.717) is 23.4 Å². The number of hydrogen-bond donors (Lipinski definition) is 1. The molecule has 1 aliphatic carbocycles. The minimum absolute atomic E-state index is 0.0399. The molecule has 0 radical (unpaired) electrons. The number of para-hydroxylation sites is 1. The van der Waals surface area contributed by atoms with E-state index >= 15 is 0 Å². The minimum Gasteiger partial charge on any atom is -0.457 e. The first-order valence-corrected chi connectivity index (χ1v) is 12.7. The van der Waals surface area contributed by atoms with Crippen molar-refractivity contribution in [2.45, 2.75) is 24.9 Å². The Labute approximate surface area is 213 Å². The molecule has 5 rings (SSSR count). The Bertz CT molecular complexity index is 1180. The summed E-state index contributed by atoms with van der Waals surface area (Å²) >= 11 is 0. The van der Waals surface area contributed by atoms with Gasteiger partial charge >= 0.3 is 0 Å². The summed E-state index contributed by atoms with van der Waals surface area (Å²) in [6.07, 6.45) is 4.39. The highest BCUT2D eigenvalue weighted by molar-refractivity contribution is 5.94. The number of amides is 1. The van der Waals surface area contributed by atoms with Crippen molar-refractivity contribution >= 4 is 11.7 Å². The van der Waals surface area contributed by atoms with E-state index in [1.807, 2.05) is 74.9 Å². The second-order valence-electron chi connectivity index (χ2n) is 9.86. The van der Waals surface area contributed by atoms with Gasteiger partial charge in [-0.25, -0.2) is 4.98 Å². The number of carbonyl (C=O) groups excluding carboxylic acids is 1. The van der Waals surface area contributed by atoms with Crippen molar-refractivity contribution in [3.8, 4) is 11.5 Å². The molecule has 0 bridgehead atoms. The fourth-order valence-electron chi connectivity index (χ4n) is 5.04. The highest BCUT2D eigenvalue weighted by Crippen LogP contribution is 2.44. The molecule has 2 aliphatic rings. The highest BCUT2D eigenvalue weighted by Gasteiger charge is 2.51. The number of nitrogens with one attached hydrogen (secondary N) is 1. The molecule has 188 valence electrons. The van der Waals surface area contributed by atoms with Gasteiger partial charge in [0.05, 0.1) is 0 Å². The van der Waals surface area contributed by atoms with E-state index in [1.54, 1.807) is 11.0 Å². The van der Waals surface area contributed by atoms with Crippen LogP contribution in [-0.4, -0.2) is 73.0 Å². The van der Waals surface area contributed by atoms with Gasteiger partial charge in [0, 0.05) is 63.6 Å². The van der Waals surface area contributed by atoms with E-state index < -0.39 is 0 Å². The molecule has 1 amide bonds. The number of anilines is 1. The maximum Gasteiger partial charge on any atom is 0.254 e. The Morgan fingerprint density at radius 1 is 1.06 bits per heavy atom. The van der Waals surface area contributed by atoms with Gasteiger partial charge in [0.25, 0.3) is 5.91 Å². The number of piperazine rings is 1. The van der Waals surface area contributed by atoms with E-state index in [4.69, 9.17) is 4.74 Å². The van der Waals surface area contributed by atoms with Crippen molar-refractivity contribution < 1.29 is 9.53 Å². The Balaban J connectivity index is 1.22. The zero-order chi connectivity index (χ0) is 25.0. The largest absolute Gasteiger partial charge is 0.457 e. The minimum atomic E-state index is -0.0399. The molecular weight excluding hydrogens is 450 g/mol. The number of ether oxygens (including phenoxy) is 1. The van der Waals surface area contributed by atoms with Crippen LogP contribution in [0.1, 0.15) is 28.8 Å². The van der Waals surface area contributed by atoms with Crippen molar-refractivity contribution in [2.24, 2.45) is 0 Å². The Morgan fingerprint density at radius 3 is 2.64 bits per heavy atom. The van der Waals surface area contributed by atoms with Crippen LogP contribution in [0.3, 0.4) is 0 Å². The van der Waals surface area contributed by atoms with Crippen molar-refractivity contribution in [3.05, 3.63) is 84.1 Å². The number of carbonyl (C=O) groups is 1. The first-order chi connectivity index (χ1) is 17.6. The molecule has 0 atom stereocenters. The molecule has 1 saturated heterocycles. The SMILES string of the molecule is CNCCN1CCN(c2cc(CN(C)C(=O)c3cccc(Oc4ccccc4)c3)ccn2)CC12CC2. The van der Waals surface area contributed by atoms with Crippen LogP contribution in [-0.2, 0) is 6.54 Å². The summed E-state index contributed by atoms with van der Waals surface area (Å²) in [6.45, 7) is 5.71. The van der Waals surface area contributed by atoms with Crippen LogP contribution in [0.15, 0.2) is 72.9 Å². The fraction of sp³-hybridized carbons (Fsp3) is 0.379. The van der Waals surface area contributed by atoms with Crippen LogP contribution in [0.4, 0.5) is 5.82 Å². The number of pyridine rings is 1. The lowest BCUT2D eigenvalue weighted by Gasteiger charge is -2.42. The standard InChI is InChI=1S/C29H35N5O2/c1-30-15-16-34-18-17-33(22-29(34)12-13-29)27-19-23(11-14-31-27)21-32(2)28(35)24-7-6-10-26(20-24)36-25-8-4-3-5-9-25/h3-11,14,19-20,30H,12-13,15-18,21-22H2,1-2H3. The summed E-state index contributed by atoms with van der Waals surface area (Å²) < 4.78 is 5.91. The van der Waals surface area contributed by atoms with Crippen LogP contribution >= 0.6 is 0 Å². The number of rotatable bonds is 9. The van der Waals surface area contributed by atoms with E-state index in [0.717, 1.165) is 49.9 Å². The smallest absolute Gasteiger partial charge is 0.254 e. The molecule has 1 saturated carbocycles. The van der Waals surface area contributed by atoms with Gasteiger partial charge in [-0.1, -0.05) is 24.3 Å². The molecule has 2 fully saturated rings. The van der Waals surface area contributed by atoms with Crippen LogP contribution in [0, 0.1) is 0 Å². The molecule has 2 aromatic carbocycles. The van der Waals surface area contributed by atoms with Crippen molar-refractivity contribution in [3.63, 3.8) is 0 Å². The summed E-state index contributed by atoms with van der Waals surface area (Å²) in [5.41, 5.74) is 2.00. The van der Waals surface area contributed by atoms with Gasteiger partial charge in [0.15, 0.2) is 0 Å². The molecule has 1 aliphatic heterocycles. The zero-order valence-electron chi connectivity index (χ0n) is 21.2. The van der Waals surface area contributed by atoms with Gasteiger partial charge in [-0.05, 0) is 67.9 Å². The average molecular weight is 486 g/mol. The second-order valence-corrected chi connectivity index (χ2v) is 9.86. The lowest BCUT2D eigenvalue weighted by Crippen LogP contribution is -2.56. The molecule has 7 nitrogen and oxygen atoms in total. The number of aromatic nitrogens is 1. The quantitative estimate of drug-likeness (QED) is 0.494. The predicted molar refractivity (Wildman–Crippen MR) is 143 cm³/mol. The van der Waals surface area contributed by atoms with Crippen molar-refractivity contribution in [2.75, 3.05) is 51.7 Å². The molecule has 3 aromatic rings. The summed E-state index contributed by atoms with van der Waals surface area (Å²) in [4.78, 5) is 24.7. The van der Waals surface area contributed by atoms with Crippen molar-refractivity contribution in [1.82, 2.24) is 20.1 Å². The first kappa shape index (κ1) is 24.3. The fourth-order valence-corrected chi connectivity index (χ4v) is 5.04. The molecule has 2 heterocycles. The third-order valence-corrected chi connectivity index (χ3v) is 7.21. The van der Waals surface area contributed by atoms with Gasteiger partial charge < -0.3 is 19.9 Å². The van der Waals surface area contributed by atoms with E-state index in [-0.39, 0.29) is 5.91 Å². The van der Waals surface area contributed by atoms with Gasteiger partial charge in [0.2, 0.25) is 0 Å². The average Bonchev–Trinajstić information content (AvgIpc) is 3.68. The molecule has 1 aromatic heterocycles. The monoisotopic (exact) mass is 485 g/mol. The number of nitrogens with zero attached hydrogens (tertiary/aromatic N) is 4. The molecule has 1 spiro atoms. The van der Waals surface area contributed by atoms with E-state index in [1.165, 1.54) is 12.8 Å². The third kappa shape index (κ3) is 5.53. The summed E-state index contributed by atoms with van der Waals surface area (Å²) in [6, 6.07) is 21.1. The Kier molecular flexibility index (Phi) is 7.20. The summed E-state index contributed by atoms with van der Waals surface area (Å²) in [5.74, 6) is 2.36. The predicted octanol–water partition coefficient (Wildman–Crippen LogP) is 4.02. The van der Waals surface area contributed by atoms with Gasteiger partial charge in [-0.15, -0.1) is 0 Å². The van der Waals surface area contributed by atoms with Crippen LogP contribution in [0.25, 0.3) is 0 Å². The van der Waals surface area contributed by atoms with Crippen LogP contribution in [0.5, 0.6) is 11.5 Å². The van der Waals surface area contributed by atoms with Gasteiger partial charge in [-0.3, -0.25) is 9.69 Å². The number of benzene rings is 2. The van der Waals surface area contributed by atoms with Crippen molar-refractivity contribution in [1.29, 1.82) is 0 Å². The first-order valence-electron chi connectivity index (χ1n) is 12.7. The normalized spacial score (nSPS) is 16.7. The molecule has 7 heteroatoms. The molecule has 1 N–H and O–H groups in total. The van der Waals surface area contributed by atoms with E-state index in [2.05, 4.69) is 26.2 Å². The third-order valence-electron chi connectivity index (χ3n) is 7.21. The molecular formula is C29H35N5O2. The van der Waals surface area contributed by atoms with Crippen LogP contribution < -0.4 is 15.0 Å². The van der Waals surface area contributed by atoms with Crippen LogP contribution in [0.2, 0.25) is 0 Å². The lowest BCUT2D eigenvalue weighted by molar-refractivity contribution is 0.0784. The molecule has 0 unspecified atom stereocenters. The van der Waals surface area contributed by atoms with Gasteiger partial charge in [-0.2, -0.15) is 0 Å². The lowest BCUT2D eigenvalue weighted by atomic mass is 10.1. The summed E-state index contributed by atoms with van der Waals surface area (Å²) in [5, 5.41) is 3.28. The maximum atomic E-state index is 13.2. The topological polar surface area (TPSA) is 60.9 Å². The zero-order valence-corrected chi connectivity index (χ0v) is 21.2. The molecule has 36 heavy (non-hydrogen) atoms. The number of hydrogen-bond acceptors (Lipinski definition) is 6. The maximum absolute atomic E-state index is 13.2. The Hall–Kier alpha value is -3.42. The van der Waals surface area contributed by atoms with E-state index in [9.17, 15) is 4.79 Å². The number of likely N-dealkylation sites (N-methyl/N-ethyl adjacent to an activating group) is 1. The highest BCUT2D eigenvalue weighted by atomic mass is 16.5. The second kappa shape index (κ2) is 10.7. The van der Waals surface area contributed by atoms with Gasteiger partial charge in [0.1, 0.15) is 17.3 Å². The summed E-state index contributed by atoms with van der Waals surface area (Å²) in [7, 11) is 3.86. The Morgan fingerprint density at radius 2 is 1.86 bits per heavy atom.